The van der Waals surface area contributed by atoms with Crippen molar-refractivity contribution in [3.05, 3.63) is 70.3 Å². The van der Waals surface area contributed by atoms with E-state index in [2.05, 4.69) is 20.8 Å². The number of carbonyl (C=O) groups excluding carboxylic acids is 2. The first-order valence-electron chi connectivity index (χ1n) is 9.55. The lowest BCUT2D eigenvalue weighted by molar-refractivity contribution is -0.122. The van der Waals surface area contributed by atoms with Gasteiger partial charge in [-0.1, -0.05) is 24.3 Å². The van der Waals surface area contributed by atoms with Gasteiger partial charge in [0, 0.05) is 37.7 Å². The Bertz CT molecular complexity index is 1130. The summed E-state index contributed by atoms with van der Waals surface area (Å²) in [5.41, 5.74) is 2.01. The van der Waals surface area contributed by atoms with Crippen molar-refractivity contribution in [2.45, 2.75) is 18.9 Å². The van der Waals surface area contributed by atoms with Crippen LogP contribution in [0.15, 0.2) is 48.5 Å². The van der Waals surface area contributed by atoms with E-state index in [9.17, 15) is 9.59 Å². The standard InChI is InChI=1S/C21H21N5O3S/c1-26-18(24-25-21(26)30)9-10-22-19(27)14-6-4-7-15(11-14)23-20(28)17-12-13-5-2-3-8-16(13)29-17/h2-8,11,17H,9-10,12H2,1H3,(H,22,27)(H,23,28)(H,25,30). The Morgan fingerprint density at radius 2 is 2.10 bits per heavy atom. The van der Waals surface area contributed by atoms with Crippen LogP contribution in [0.4, 0.5) is 5.69 Å². The Morgan fingerprint density at radius 1 is 1.27 bits per heavy atom. The fourth-order valence-corrected chi connectivity index (χ4v) is 3.43. The predicted octanol–water partition coefficient (Wildman–Crippen LogP) is 2.39. The number of fused-ring (bicyclic) bond motifs is 1. The topological polar surface area (TPSA) is 101 Å². The molecule has 1 atom stereocenters. The van der Waals surface area contributed by atoms with Crippen molar-refractivity contribution in [3.63, 3.8) is 0 Å². The molecular formula is C21H21N5O3S. The summed E-state index contributed by atoms with van der Waals surface area (Å²) < 4.78 is 8.02. The second-order valence-electron chi connectivity index (χ2n) is 7.00. The van der Waals surface area contributed by atoms with Gasteiger partial charge < -0.3 is 19.9 Å². The molecule has 8 nitrogen and oxygen atoms in total. The first-order chi connectivity index (χ1) is 14.5. The van der Waals surface area contributed by atoms with E-state index in [4.69, 9.17) is 17.0 Å². The summed E-state index contributed by atoms with van der Waals surface area (Å²) in [4.78, 5) is 25.0. The monoisotopic (exact) mass is 423 g/mol. The number of aromatic nitrogens is 3. The highest BCUT2D eigenvalue weighted by atomic mass is 32.1. The van der Waals surface area contributed by atoms with Gasteiger partial charge in [-0.2, -0.15) is 5.10 Å². The van der Waals surface area contributed by atoms with E-state index in [0.717, 1.165) is 17.1 Å². The van der Waals surface area contributed by atoms with Crippen LogP contribution in [0.5, 0.6) is 5.75 Å². The van der Waals surface area contributed by atoms with Gasteiger partial charge in [-0.25, -0.2) is 0 Å². The van der Waals surface area contributed by atoms with E-state index in [1.807, 2.05) is 31.3 Å². The fraction of sp³-hybridized carbons (Fsp3) is 0.238. The summed E-state index contributed by atoms with van der Waals surface area (Å²) in [5, 5.41) is 12.5. The Kier molecular flexibility index (Phi) is 5.62. The lowest BCUT2D eigenvalue weighted by Crippen LogP contribution is -2.31. The van der Waals surface area contributed by atoms with Crippen LogP contribution in [-0.2, 0) is 24.7 Å². The zero-order valence-corrected chi connectivity index (χ0v) is 17.2. The molecule has 3 aromatic rings. The lowest BCUT2D eigenvalue weighted by Gasteiger charge is -2.12. The number of nitrogens with one attached hydrogen (secondary N) is 3. The Hall–Kier alpha value is -3.46. The van der Waals surface area contributed by atoms with Crippen LogP contribution >= 0.6 is 12.2 Å². The first kappa shape index (κ1) is 19.8. The van der Waals surface area contributed by atoms with Gasteiger partial charge in [0.25, 0.3) is 11.8 Å². The minimum Gasteiger partial charge on any atom is -0.480 e. The van der Waals surface area contributed by atoms with Crippen molar-refractivity contribution in [1.29, 1.82) is 0 Å². The Labute approximate surface area is 178 Å². The number of aromatic amines is 1. The zero-order chi connectivity index (χ0) is 21.1. The summed E-state index contributed by atoms with van der Waals surface area (Å²) in [6.07, 6.45) is 0.494. The highest BCUT2D eigenvalue weighted by molar-refractivity contribution is 7.71. The average Bonchev–Trinajstić information content (AvgIpc) is 3.32. The van der Waals surface area contributed by atoms with Crippen molar-refractivity contribution in [3.8, 4) is 5.75 Å². The number of H-pyrrole nitrogens is 1. The molecule has 3 N–H and O–H groups in total. The molecule has 2 heterocycles. The molecule has 2 amide bonds. The maximum absolute atomic E-state index is 12.6. The van der Waals surface area contributed by atoms with Crippen molar-refractivity contribution in [2.24, 2.45) is 7.05 Å². The molecule has 1 aromatic heterocycles. The maximum atomic E-state index is 12.6. The fourth-order valence-electron chi connectivity index (χ4n) is 3.28. The quantitative estimate of drug-likeness (QED) is 0.529. The minimum atomic E-state index is -0.580. The van der Waals surface area contributed by atoms with Crippen LogP contribution in [-0.4, -0.2) is 39.2 Å². The molecule has 0 saturated carbocycles. The third-order valence-electron chi connectivity index (χ3n) is 4.94. The van der Waals surface area contributed by atoms with Gasteiger partial charge in [-0.05, 0) is 42.0 Å². The molecule has 0 fully saturated rings. The summed E-state index contributed by atoms with van der Waals surface area (Å²) in [6, 6.07) is 14.4. The van der Waals surface area contributed by atoms with Gasteiger partial charge in [0.15, 0.2) is 10.9 Å². The number of ether oxygens (including phenoxy) is 1. The molecule has 30 heavy (non-hydrogen) atoms. The van der Waals surface area contributed by atoms with Crippen LogP contribution in [0, 0.1) is 4.77 Å². The lowest BCUT2D eigenvalue weighted by atomic mass is 10.1. The number of carbonyl (C=O) groups is 2. The highest BCUT2D eigenvalue weighted by Gasteiger charge is 2.28. The molecule has 1 unspecified atom stereocenters. The number of hydrogen-bond acceptors (Lipinski definition) is 5. The number of benzene rings is 2. The van der Waals surface area contributed by atoms with Crippen LogP contribution in [0.25, 0.3) is 0 Å². The highest BCUT2D eigenvalue weighted by Crippen LogP contribution is 2.28. The Balaban J connectivity index is 1.33. The molecule has 4 rings (SSSR count). The number of anilines is 1. The molecule has 1 aliphatic rings. The molecule has 0 saturated heterocycles. The van der Waals surface area contributed by atoms with Crippen molar-refractivity contribution >= 4 is 29.7 Å². The maximum Gasteiger partial charge on any atom is 0.265 e. The van der Waals surface area contributed by atoms with Crippen LogP contribution < -0.4 is 15.4 Å². The third kappa shape index (κ3) is 4.25. The van der Waals surface area contributed by atoms with Gasteiger partial charge in [0.2, 0.25) is 0 Å². The number of amides is 2. The minimum absolute atomic E-state index is 0.229. The first-order valence-corrected chi connectivity index (χ1v) is 9.96. The van der Waals surface area contributed by atoms with E-state index < -0.39 is 6.10 Å². The van der Waals surface area contributed by atoms with Gasteiger partial charge in [-0.3, -0.25) is 14.7 Å². The molecule has 1 aliphatic heterocycles. The Morgan fingerprint density at radius 3 is 2.87 bits per heavy atom. The average molecular weight is 423 g/mol. The van der Waals surface area contributed by atoms with E-state index >= 15 is 0 Å². The van der Waals surface area contributed by atoms with Crippen LogP contribution in [0.2, 0.25) is 0 Å². The summed E-state index contributed by atoms with van der Waals surface area (Å²) in [5.74, 6) is 1.03. The normalized spacial score (nSPS) is 14.6. The van der Waals surface area contributed by atoms with Crippen molar-refractivity contribution in [2.75, 3.05) is 11.9 Å². The predicted molar refractivity (Wildman–Crippen MR) is 114 cm³/mol. The van der Waals surface area contributed by atoms with Crippen molar-refractivity contribution < 1.29 is 14.3 Å². The zero-order valence-electron chi connectivity index (χ0n) is 16.3. The van der Waals surface area contributed by atoms with Gasteiger partial charge >= 0.3 is 0 Å². The second-order valence-corrected chi connectivity index (χ2v) is 7.38. The van der Waals surface area contributed by atoms with E-state index in [1.54, 1.807) is 28.8 Å². The molecule has 2 aromatic carbocycles. The third-order valence-corrected chi connectivity index (χ3v) is 5.30. The van der Waals surface area contributed by atoms with Gasteiger partial charge in [0.05, 0.1) is 0 Å². The largest absolute Gasteiger partial charge is 0.480 e. The summed E-state index contributed by atoms with van der Waals surface area (Å²) in [6.45, 7) is 0.414. The van der Waals surface area contributed by atoms with Gasteiger partial charge in [-0.15, -0.1) is 0 Å². The molecule has 0 spiro atoms. The van der Waals surface area contributed by atoms with E-state index in [-0.39, 0.29) is 11.8 Å². The number of hydrogen-bond donors (Lipinski definition) is 3. The number of para-hydroxylation sites is 1. The number of nitrogens with zero attached hydrogens (tertiary/aromatic N) is 2. The van der Waals surface area contributed by atoms with Crippen LogP contribution in [0.3, 0.4) is 0 Å². The molecule has 0 radical (unpaired) electrons. The summed E-state index contributed by atoms with van der Waals surface area (Å²) in [7, 11) is 1.82. The van der Waals surface area contributed by atoms with Gasteiger partial charge in [0.1, 0.15) is 11.6 Å². The van der Waals surface area contributed by atoms with E-state index in [0.29, 0.717) is 35.4 Å². The second kappa shape index (κ2) is 8.50. The van der Waals surface area contributed by atoms with Crippen molar-refractivity contribution in [1.82, 2.24) is 20.1 Å². The molecule has 154 valence electrons. The molecular weight excluding hydrogens is 402 g/mol. The molecule has 9 heteroatoms. The SMILES string of the molecule is Cn1c(CCNC(=O)c2cccc(NC(=O)C3Cc4ccccc4O3)c2)n[nH]c1=S. The summed E-state index contributed by atoms with van der Waals surface area (Å²) >= 11 is 5.08. The van der Waals surface area contributed by atoms with E-state index in [1.165, 1.54) is 0 Å². The van der Waals surface area contributed by atoms with Crippen LogP contribution in [0.1, 0.15) is 21.7 Å². The molecule has 0 aliphatic carbocycles. The number of rotatable bonds is 6. The molecule has 0 bridgehead atoms. The smallest absolute Gasteiger partial charge is 0.265 e.